The minimum Gasteiger partial charge on any atom is -0.299 e. The lowest BCUT2D eigenvalue weighted by atomic mass is 10.0. The van der Waals surface area contributed by atoms with E-state index in [1.807, 2.05) is 6.92 Å². The zero-order valence-electron chi connectivity index (χ0n) is 11.8. The average Bonchev–Trinajstić information content (AvgIpc) is 2.71. The molecule has 112 valence electrons. The van der Waals surface area contributed by atoms with Crippen LogP contribution in [0.2, 0.25) is 0 Å². The van der Waals surface area contributed by atoms with E-state index < -0.39 is 11.6 Å². The highest BCUT2D eigenvalue weighted by Gasteiger charge is 2.17. The van der Waals surface area contributed by atoms with E-state index in [4.69, 9.17) is 0 Å². The van der Waals surface area contributed by atoms with Crippen molar-refractivity contribution in [1.29, 1.82) is 0 Å². The zero-order valence-corrected chi connectivity index (χ0v) is 13.4. The predicted octanol–water partition coefficient (Wildman–Crippen LogP) is 3.38. The fourth-order valence-electron chi connectivity index (χ4n) is 2.16. The Morgan fingerprint density at radius 3 is 2.67 bits per heavy atom. The summed E-state index contributed by atoms with van der Waals surface area (Å²) in [6, 6.07) is 3.86. The molecule has 6 heteroatoms. The van der Waals surface area contributed by atoms with Crippen LogP contribution in [0, 0.1) is 11.6 Å². The largest absolute Gasteiger partial charge is 0.299 e. The molecule has 0 atom stereocenters. The molecule has 0 bridgehead atoms. The van der Waals surface area contributed by atoms with E-state index in [1.165, 1.54) is 12.1 Å². The Balaban J connectivity index is 2.16. The van der Waals surface area contributed by atoms with Crippen LogP contribution in [0.3, 0.4) is 0 Å². The number of Topliss-reactive ketones (excluding diaryl/α,β-unsaturated/α-hetero) is 1. The molecule has 2 aromatic rings. The smallest absolute Gasteiger partial charge is 0.162 e. The van der Waals surface area contributed by atoms with Gasteiger partial charge in [-0.2, -0.15) is 5.10 Å². The summed E-state index contributed by atoms with van der Waals surface area (Å²) in [4.78, 5) is 12.1. The molecule has 3 nitrogen and oxygen atoms in total. The number of hydrogen-bond donors (Lipinski definition) is 0. The van der Waals surface area contributed by atoms with E-state index in [9.17, 15) is 13.6 Å². The van der Waals surface area contributed by atoms with Gasteiger partial charge in [-0.1, -0.05) is 19.1 Å². The van der Waals surface area contributed by atoms with Gasteiger partial charge in [-0.15, -0.1) is 0 Å². The van der Waals surface area contributed by atoms with Gasteiger partial charge in [0.25, 0.3) is 0 Å². The maximum atomic E-state index is 13.6. The first kappa shape index (κ1) is 15.8. The molecule has 0 radical (unpaired) electrons. The van der Waals surface area contributed by atoms with Crippen molar-refractivity contribution in [1.82, 2.24) is 9.78 Å². The molecular formula is C15H15BrF2N2O. The Morgan fingerprint density at radius 2 is 2.05 bits per heavy atom. The highest BCUT2D eigenvalue weighted by Crippen LogP contribution is 2.23. The van der Waals surface area contributed by atoms with E-state index in [2.05, 4.69) is 21.0 Å². The van der Waals surface area contributed by atoms with Crippen molar-refractivity contribution in [2.45, 2.75) is 26.2 Å². The molecule has 0 saturated heterocycles. The van der Waals surface area contributed by atoms with Gasteiger partial charge < -0.3 is 0 Å². The summed E-state index contributed by atoms with van der Waals surface area (Å²) in [6.07, 6.45) is 0.740. The minimum atomic E-state index is -0.954. The maximum Gasteiger partial charge on any atom is 0.162 e. The van der Waals surface area contributed by atoms with Crippen molar-refractivity contribution in [3.8, 4) is 0 Å². The van der Waals surface area contributed by atoms with E-state index in [0.717, 1.165) is 28.3 Å². The molecule has 21 heavy (non-hydrogen) atoms. The summed E-state index contributed by atoms with van der Waals surface area (Å²) in [5.74, 6) is -2.08. The number of aromatic nitrogens is 2. The molecule has 0 N–H and O–H groups in total. The molecular weight excluding hydrogens is 342 g/mol. The van der Waals surface area contributed by atoms with Gasteiger partial charge in [-0.3, -0.25) is 9.48 Å². The van der Waals surface area contributed by atoms with Gasteiger partial charge in [-0.05, 0) is 34.0 Å². The number of ketones is 1. The first-order valence-electron chi connectivity index (χ1n) is 6.58. The molecule has 1 aromatic heterocycles. The third kappa shape index (κ3) is 3.37. The van der Waals surface area contributed by atoms with Gasteiger partial charge in [0.1, 0.15) is 5.78 Å². The lowest BCUT2D eigenvalue weighted by Crippen LogP contribution is -2.11. The maximum absolute atomic E-state index is 13.6. The molecule has 0 saturated carbocycles. The third-order valence-corrected chi connectivity index (χ3v) is 4.20. The van der Waals surface area contributed by atoms with Crippen molar-refractivity contribution in [3.63, 3.8) is 0 Å². The lowest BCUT2D eigenvalue weighted by molar-refractivity contribution is -0.117. The van der Waals surface area contributed by atoms with Crippen LogP contribution in [0.25, 0.3) is 0 Å². The number of nitrogens with zero attached hydrogens (tertiary/aromatic N) is 2. The zero-order chi connectivity index (χ0) is 15.6. The van der Waals surface area contributed by atoms with Crippen LogP contribution >= 0.6 is 15.9 Å². The van der Waals surface area contributed by atoms with E-state index in [-0.39, 0.29) is 24.2 Å². The monoisotopic (exact) mass is 356 g/mol. The fraction of sp³-hybridized carbons (Fsp3) is 0.333. The van der Waals surface area contributed by atoms with Crippen LogP contribution in [0.5, 0.6) is 0 Å². The lowest BCUT2D eigenvalue weighted by Gasteiger charge is -2.05. The first-order valence-corrected chi connectivity index (χ1v) is 7.38. The summed E-state index contributed by atoms with van der Waals surface area (Å²) >= 11 is 3.43. The standard InChI is InChI=1S/C15H15BrF2N2O/c1-3-12-14(16)13(20(2)19-12)8-10(21)7-9-5-4-6-11(17)15(9)18/h4-6H,3,7-8H2,1-2H3. The van der Waals surface area contributed by atoms with Gasteiger partial charge in [0.05, 0.1) is 15.9 Å². The summed E-state index contributed by atoms with van der Waals surface area (Å²) in [6.45, 7) is 1.97. The van der Waals surface area contributed by atoms with Crippen molar-refractivity contribution >= 4 is 21.7 Å². The molecule has 2 rings (SSSR count). The van der Waals surface area contributed by atoms with Crippen LogP contribution in [0.1, 0.15) is 23.9 Å². The molecule has 1 aromatic carbocycles. The third-order valence-electron chi connectivity index (χ3n) is 3.29. The average molecular weight is 357 g/mol. The first-order chi connectivity index (χ1) is 9.93. The molecule has 0 aliphatic rings. The molecule has 0 amide bonds. The Labute approximate surface area is 130 Å². The Morgan fingerprint density at radius 1 is 1.33 bits per heavy atom. The summed E-state index contributed by atoms with van der Waals surface area (Å²) in [5, 5.41) is 4.30. The minimum absolute atomic E-state index is 0.0778. The molecule has 0 unspecified atom stereocenters. The second-order valence-electron chi connectivity index (χ2n) is 4.79. The highest BCUT2D eigenvalue weighted by molar-refractivity contribution is 9.10. The van der Waals surface area contributed by atoms with Crippen molar-refractivity contribution in [3.05, 3.63) is 51.3 Å². The van der Waals surface area contributed by atoms with E-state index in [1.54, 1.807) is 11.7 Å². The van der Waals surface area contributed by atoms with Gasteiger partial charge in [0.2, 0.25) is 0 Å². The van der Waals surface area contributed by atoms with Gasteiger partial charge in [0, 0.05) is 19.9 Å². The number of aryl methyl sites for hydroxylation is 2. The number of benzene rings is 1. The number of carbonyl (C=O) groups is 1. The summed E-state index contributed by atoms with van der Waals surface area (Å²) < 4.78 is 29.1. The van der Waals surface area contributed by atoms with E-state index in [0.29, 0.717) is 0 Å². The van der Waals surface area contributed by atoms with Gasteiger partial charge in [-0.25, -0.2) is 8.78 Å². The molecule has 1 heterocycles. The second-order valence-corrected chi connectivity index (χ2v) is 5.58. The second kappa shape index (κ2) is 6.47. The Kier molecular flexibility index (Phi) is 4.88. The normalized spacial score (nSPS) is 10.9. The topological polar surface area (TPSA) is 34.9 Å². The van der Waals surface area contributed by atoms with Gasteiger partial charge in [0.15, 0.2) is 11.6 Å². The fourth-order valence-corrected chi connectivity index (χ4v) is 2.91. The van der Waals surface area contributed by atoms with Crippen LogP contribution in [-0.2, 0) is 31.1 Å². The number of carbonyl (C=O) groups excluding carboxylic acids is 1. The van der Waals surface area contributed by atoms with Crippen molar-refractivity contribution in [2.75, 3.05) is 0 Å². The van der Waals surface area contributed by atoms with E-state index >= 15 is 0 Å². The van der Waals surface area contributed by atoms with Crippen LogP contribution in [0.4, 0.5) is 8.78 Å². The van der Waals surface area contributed by atoms with Crippen molar-refractivity contribution < 1.29 is 13.6 Å². The quantitative estimate of drug-likeness (QED) is 0.822. The summed E-state index contributed by atoms with van der Waals surface area (Å²) in [7, 11) is 1.76. The number of halogens is 3. The number of rotatable bonds is 5. The Bertz CT molecular complexity index is 683. The van der Waals surface area contributed by atoms with Crippen LogP contribution in [0.15, 0.2) is 22.7 Å². The highest BCUT2D eigenvalue weighted by atomic mass is 79.9. The summed E-state index contributed by atoms with van der Waals surface area (Å²) in [5.41, 5.74) is 1.69. The molecule has 0 fully saturated rings. The molecule has 0 aliphatic heterocycles. The van der Waals surface area contributed by atoms with Crippen molar-refractivity contribution in [2.24, 2.45) is 7.05 Å². The van der Waals surface area contributed by atoms with Gasteiger partial charge >= 0.3 is 0 Å². The number of hydrogen-bond acceptors (Lipinski definition) is 2. The SMILES string of the molecule is CCc1nn(C)c(CC(=O)Cc2cccc(F)c2F)c1Br. The van der Waals surface area contributed by atoms with Crippen LogP contribution in [-0.4, -0.2) is 15.6 Å². The Hall–Kier alpha value is -1.56. The molecule has 0 spiro atoms. The predicted molar refractivity (Wildman–Crippen MR) is 79.1 cm³/mol. The molecule has 0 aliphatic carbocycles. The van der Waals surface area contributed by atoms with Crippen LogP contribution < -0.4 is 0 Å².